The highest BCUT2D eigenvalue weighted by Crippen LogP contribution is 2.35. The quantitative estimate of drug-likeness (QED) is 0.794. The number of carbonyl (C=O) groups excluding carboxylic acids is 1. The Kier molecular flexibility index (Phi) is 3.08. The molecule has 2 heterocycles. The van der Waals surface area contributed by atoms with Gasteiger partial charge in [-0.05, 0) is 30.0 Å². The lowest BCUT2D eigenvalue weighted by molar-refractivity contribution is -0.145. The van der Waals surface area contributed by atoms with Crippen molar-refractivity contribution in [3.63, 3.8) is 0 Å². The third-order valence-electron chi connectivity index (χ3n) is 3.87. The van der Waals surface area contributed by atoms with Gasteiger partial charge >= 0.3 is 5.97 Å². The first kappa shape index (κ1) is 12.9. The van der Waals surface area contributed by atoms with Crippen molar-refractivity contribution in [2.24, 2.45) is 5.92 Å². The summed E-state index contributed by atoms with van der Waals surface area (Å²) in [5, 5.41) is 11.6. The summed E-state index contributed by atoms with van der Waals surface area (Å²) in [5.41, 5.74) is 1.15. The molecule has 0 radical (unpaired) electrons. The lowest BCUT2D eigenvalue weighted by Crippen LogP contribution is -2.27. The Morgan fingerprint density at radius 3 is 3.00 bits per heavy atom. The van der Waals surface area contributed by atoms with Crippen LogP contribution in [0.2, 0.25) is 0 Å². The van der Waals surface area contributed by atoms with E-state index in [-0.39, 0.29) is 12.1 Å². The molecule has 2 N–H and O–H groups in total. The van der Waals surface area contributed by atoms with Gasteiger partial charge in [0.2, 0.25) is 5.91 Å². The molecule has 1 fully saturated rings. The Bertz CT molecular complexity index is 587. The van der Waals surface area contributed by atoms with E-state index in [9.17, 15) is 14.0 Å². The summed E-state index contributed by atoms with van der Waals surface area (Å²) in [7, 11) is 0. The van der Waals surface area contributed by atoms with Crippen molar-refractivity contribution in [1.82, 2.24) is 5.32 Å². The highest BCUT2D eigenvalue weighted by molar-refractivity contribution is 5.99. The molecular weight excluding hydrogens is 265 g/mol. The van der Waals surface area contributed by atoms with Crippen LogP contribution in [-0.4, -0.2) is 30.1 Å². The molecule has 20 heavy (non-hydrogen) atoms. The number of carboxylic acid groups (broad SMARTS) is 1. The third kappa shape index (κ3) is 2.01. The van der Waals surface area contributed by atoms with Crippen LogP contribution in [0.1, 0.15) is 23.5 Å². The lowest BCUT2D eigenvalue weighted by atomic mass is 9.86. The highest BCUT2D eigenvalue weighted by atomic mass is 19.1. The molecule has 1 amide bonds. The number of ether oxygens (including phenoxy) is 1. The molecule has 0 aliphatic carbocycles. The largest absolute Gasteiger partial charge is 0.493 e. The molecule has 5 nitrogen and oxygen atoms in total. The maximum absolute atomic E-state index is 14.2. The SMILES string of the molecule is O=C(O)C1C(=O)NCC1c1cc2c(cc1F)OCCC2. The number of nitrogens with one attached hydrogen (secondary N) is 1. The van der Waals surface area contributed by atoms with Gasteiger partial charge in [-0.15, -0.1) is 0 Å². The van der Waals surface area contributed by atoms with E-state index in [0.29, 0.717) is 12.4 Å². The average molecular weight is 279 g/mol. The van der Waals surface area contributed by atoms with Crippen molar-refractivity contribution in [2.45, 2.75) is 18.8 Å². The summed E-state index contributed by atoms with van der Waals surface area (Å²) in [6, 6.07) is 2.94. The van der Waals surface area contributed by atoms with Gasteiger partial charge in [0.05, 0.1) is 6.61 Å². The molecule has 6 heteroatoms. The molecule has 2 aliphatic rings. The number of fused-ring (bicyclic) bond motifs is 1. The maximum Gasteiger partial charge on any atom is 0.316 e. The van der Waals surface area contributed by atoms with E-state index in [0.717, 1.165) is 18.4 Å². The van der Waals surface area contributed by atoms with Crippen molar-refractivity contribution >= 4 is 11.9 Å². The van der Waals surface area contributed by atoms with E-state index >= 15 is 0 Å². The van der Waals surface area contributed by atoms with Gasteiger partial charge in [-0.2, -0.15) is 0 Å². The Morgan fingerprint density at radius 1 is 1.45 bits per heavy atom. The lowest BCUT2D eigenvalue weighted by Gasteiger charge is -2.21. The fourth-order valence-electron chi connectivity index (χ4n) is 2.87. The smallest absolute Gasteiger partial charge is 0.316 e. The van der Waals surface area contributed by atoms with Crippen LogP contribution in [0.25, 0.3) is 0 Å². The molecule has 1 aromatic carbocycles. The van der Waals surface area contributed by atoms with Crippen LogP contribution >= 0.6 is 0 Å². The average Bonchev–Trinajstić information content (AvgIpc) is 2.79. The van der Waals surface area contributed by atoms with Gasteiger partial charge in [-0.1, -0.05) is 0 Å². The Hall–Kier alpha value is -2.11. The van der Waals surface area contributed by atoms with E-state index in [1.54, 1.807) is 6.07 Å². The second-order valence-electron chi connectivity index (χ2n) is 5.10. The number of carbonyl (C=O) groups is 2. The van der Waals surface area contributed by atoms with Crippen LogP contribution in [0.3, 0.4) is 0 Å². The number of hydrogen-bond donors (Lipinski definition) is 2. The monoisotopic (exact) mass is 279 g/mol. The van der Waals surface area contributed by atoms with Gasteiger partial charge in [0, 0.05) is 18.5 Å². The van der Waals surface area contributed by atoms with Crippen molar-refractivity contribution in [3.05, 3.63) is 29.1 Å². The normalized spacial score (nSPS) is 24.8. The molecule has 2 aliphatic heterocycles. The molecule has 1 saturated heterocycles. The molecule has 0 aromatic heterocycles. The predicted molar refractivity (Wildman–Crippen MR) is 67.1 cm³/mol. The van der Waals surface area contributed by atoms with Crippen molar-refractivity contribution < 1.29 is 23.8 Å². The Balaban J connectivity index is 2.01. The van der Waals surface area contributed by atoms with Crippen LogP contribution in [0.15, 0.2) is 12.1 Å². The van der Waals surface area contributed by atoms with E-state index in [4.69, 9.17) is 9.84 Å². The first-order valence-corrected chi connectivity index (χ1v) is 6.53. The molecule has 0 spiro atoms. The molecule has 3 rings (SSSR count). The van der Waals surface area contributed by atoms with Gasteiger partial charge in [-0.3, -0.25) is 9.59 Å². The van der Waals surface area contributed by atoms with E-state index < -0.39 is 29.5 Å². The van der Waals surface area contributed by atoms with E-state index in [1.807, 2.05) is 0 Å². The first-order chi connectivity index (χ1) is 9.58. The maximum atomic E-state index is 14.2. The molecular formula is C14H14FNO4. The molecule has 1 aromatic rings. The van der Waals surface area contributed by atoms with Crippen molar-refractivity contribution in [1.29, 1.82) is 0 Å². The number of amides is 1. The predicted octanol–water partition coefficient (Wildman–Crippen LogP) is 1.06. The zero-order chi connectivity index (χ0) is 14.3. The van der Waals surface area contributed by atoms with Crippen LogP contribution in [0, 0.1) is 11.7 Å². The van der Waals surface area contributed by atoms with Gasteiger partial charge in [0.15, 0.2) is 0 Å². The highest BCUT2D eigenvalue weighted by Gasteiger charge is 2.42. The van der Waals surface area contributed by atoms with Crippen molar-refractivity contribution in [2.75, 3.05) is 13.2 Å². The third-order valence-corrected chi connectivity index (χ3v) is 3.87. The van der Waals surface area contributed by atoms with Gasteiger partial charge < -0.3 is 15.2 Å². The minimum atomic E-state index is -1.23. The fraction of sp³-hybridized carbons (Fsp3) is 0.429. The molecule has 0 saturated carbocycles. The van der Waals surface area contributed by atoms with Crippen LogP contribution in [0.4, 0.5) is 4.39 Å². The minimum Gasteiger partial charge on any atom is -0.493 e. The number of hydrogen-bond acceptors (Lipinski definition) is 3. The number of benzene rings is 1. The van der Waals surface area contributed by atoms with Gasteiger partial charge in [0.25, 0.3) is 0 Å². The number of carboxylic acids is 1. The molecule has 0 bridgehead atoms. The topological polar surface area (TPSA) is 75.6 Å². The number of aryl methyl sites for hydroxylation is 1. The molecule has 106 valence electrons. The van der Waals surface area contributed by atoms with Crippen LogP contribution in [0.5, 0.6) is 5.75 Å². The number of aliphatic carboxylic acids is 1. The second kappa shape index (κ2) is 4.77. The summed E-state index contributed by atoms with van der Waals surface area (Å²) in [4.78, 5) is 22.7. The summed E-state index contributed by atoms with van der Waals surface area (Å²) >= 11 is 0. The molecule has 2 atom stereocenters. The summed E-state index contributed by atoms with van der Waals surface area (Å²) < 4.78 is 19.6. The number of rotatable bonds is 2. The summed E-state index contributed by atoms with van der Waals surface area (Å²) in [6.45, 7) is 0.708. The standard InChI is InChI=1S/C14H14FNO4/c15-10-5-11-7(2-1-3-20-11)4-8(10)9-6-16-13(17)12(9)14(18)19/h4-5,9,12H,1-3,6H2,(H,16,17)(H,18,19). The van der Waals surface area contributed by atoms with E-state index in [1.165, 1.54) is 6.07 Å². The molecule has 2 unspecified atom stereocenters. The minimum absolute atomic E-state index is 0.145. The Labute approximate surface area is 114 Å². The Morgan fingerprint density at radius 2 is 2.25 bits per heavy atom. The van der Waals surface area contributed by atoms with Gasteiger partial charge in [0.1, 0.15) is 17.5 Å². The van der Waals surface area contributed by atoms with Gasteiger partial charge in [-0.25, -0.2) is 4.39 Å². The van der Waals surface area contributed by atoms with Crippen molar-refractivity contribution in [3.8, 4) is 5.75 Å². The zero-order valence-electron chi connectivity index (χ0n) is 10.7. The summed E-state index contributed by atoms with van der Waals surface area (Å²) in [6.07, 6.45) is 1.62. The van der Waals surface area contributed by atoms with E-state index in [2.05, 4.69) is 5.32 Å². The number of halogens is 1. The van der Waals surface area contributed by atoms with Crippen LogP contribution < -0.4 is 10.1 Å². The fourth-order valence-corrected chi connectivity index (χ4v) is 2.87. The second-order valence-corrected chi connectivity index (χ2v) is 5.10. The summed E-state index contributed by atoms with van der Waals surface area (Å²) in [5.74, 6) is -3.69. The zero-order valence-corrected chi connectivity index (χ0v) is 10.7. The first-order valence-electron chi connectivity index (χ1n) is 6.53. The van der Waals surface area contributed by atoms with Crippen LogP contribution in [-0.2, 0) is 16.0 Å².